The van der Waals surface area contributed by atoms with Crippen molar-refractivity contribution >= 4 is 22.3 Å². The summed E-state index contributed by atoms with van der Waals surface area (Å²) in [5.41, 5.74) is 0.525. The number of methoxy groups -OCH3 is 1. The lowest BCUT2D eigenvalue weighted by atomic mass is 10.3. The summed E-state index contributed by atoms with van der Waals surface area (Å²) in [5.74, 6) is -0.397. The van der Waals surface area contributed by atoms with Gasteiger partial charge in [-0.3, -0.25) is 0 Å². The van der Waals surface area contributed by atoms with Crippen LogP contribution in [0.2, 0.25) is 0 Å². The van der Waals surface area contributed by atoms with Crippen LogP contribution in [0.25, 0.3) is 0 Å². The lowest BCUT2D eigenvalue weighted by molar-refractivity contribution is 0.0606. The summed E-state index contributed by atoms with van der Waals surface area (Å²) in [5, 5.41) is 9.89. The lowest BCUT2D eigenvalue weighted by Crippen LogP contribution is -2.36. The molecule has 1 aliphatic heterocycles. The van der Waals surface area contributed by atoms with Crippen LogP contribution in [-0.2, 0) is 9.47 Å². The van der Waals surface area contributed by atoms with E-state index in [1.807, 2.05) is 0 Å². The van der Waals surface area contributed by atoms with Crippen molar-refractivity contribution in [1.82, 2.24) is 0 Å². The number of hydrogen-bond acceptors (Lipinski definition) is 6. The molecule has 1 fully saturated rings. The van der Waals surface area contributed by atoms with Crippen LogP contribution >= 0.6 is 11.3 Å². The van der Waals surface area contributed by atoms with Crippen molar-refractivity contribution in [2.75, 3.05) is 38.3 Å². The Bertz CT molecular complexity index is 458. The van der Waals surface area contributed by atoms with E-state index in [4.69, 9.17) is 10.00 Å². The van der Waals surface area contributed by atoms with E-state index in [1.54, 1.807) is 6.07 Å². The van der Waals surface area contributed by atoms with E-state index >= 15 is 0 Å². The fourth-order valence-corrected chi connectivity index (χ4v) is 2.74. The van der Waals surface area contributed by atoms with E-state index in [-0.39, 0.29) is 0 Å². The number of esters is 1. The predicted octanol–water partition coefficient (Wildman–Crippen LogP) is 1.24. The average molecular weight is 252 g/mol. The molecule has 6 heteroatoms. The maximum atomic E-state index is 11.4. The summed E-state index contributed by atoms with van der Waals surface area (Å²) < 4.78 is 9.91. The molecule has 0 radical (unpaired) electrons. The Balaban J connectivity index is 2.29. The zero-order valence-corrected chi connectivity index (χ0v) is 10.2. The van der Waals surface area contributed by atoms with Gasteiger partial charge in [0.2, 0.25) is 0 Å². The molecule has 0 atom stereocenters. The fraction of sp³-hybridized carbons (Fsp3) is 0.455. The number of carbonyl (C=O) groups excluding carboxylic acids is 1. The summed E-state index contributed by atoms with van der Waals surface area (Å²) in [6.45, 7) is 2.79. The van der Waals surface area contributed by atoms with Crippen molar-refractivity contribution < 1.29 is 14.3 Å². The van der Waals surface area contributed by atoms with Crippen molar-refractivity contribution in [2.24, 2.45) is 0 Å². The minimum absolute atomic E-state index is 0.397. The Morgan fingerprint density at radius 3 is 2.88 bits per heavy atom. The Hall–Kier alpha value is -1.58. The van der Waals surface area contributed by atoms with Gasteiger partial charge in [0, 0.05) is 13.1 Å². The van der Waals surface area contributed by atoms with Crippen LogP contribution in [0.3, 0.4) is 0 Å². The number of carbonyl (C=O) groups is 1. The van der Waals surface area contributed by atoms with Crippen molar-refractivity contribution in [3.05, 3.63) is 16.5 Å². The summed E-state index contributed by atoms with van der Waals surface area (Å²) in [6, 6.07) is 3.70. The highest BCUT2D eigenvalue weighted by Gasteiger charge is 2.21. The predicted molar refractivity (Wildman–Crippen MR) is 63.4 cm³/mol. The van der Waals surface area contributed by atoms with Crippen LogP contribution in [0.4, 0.5) is 5.00 Å². The molecule has 17 heavy (non-hydrogen) atoms. The summed E-state index contributed by atoms with van der Waals surface area (Å²) in [4.78, 5) is 13.9. The van der Waals surface area contributed by atoms with Gasteiger partial charge in [-0.2, -0.15) is 5.26 Å². The molecule has 1 aromatic heterocycles. The number of nitrogens with zero attached hydrogens (tertiary/aromatic N) is 2. The molecule has 0 aliphatic carbocycles. The number of hydrogen-bond donors (Lipinski definition) is 0. The minimum Gasteiger partial charge on any atom is -0.465 e. The summed E-state index contributed by atoms with van der Waals surface area (Å²) >= 11 is 1.30. The SMILES string of the molecule is COC(=O)c1cc(C#N)c(N2CCOCC2)s1. The Morgan fingerprint density at radius 1 is 1.59 bits per heavy atom. The molecular formula is C11H12N2O3S. The first-order valence-electron chi connectivity index (χ1n) is 5.21. The van der Waals surface area contributed by atoms with E-state index in [2.05, 4.69) is 15.7 Å². The highest BCUT2D eigenvalue weighted by Crippen LogP contribution is 2.32. The molecule has 0 bridgehead atoms. The van der Waals surface area contributed by atoms with Crippen LogP contribution in [-0.4, -0.2) is 39.4 Å². The van der Waals surface area contributed by atoms with Gasteiger partial charge >= 0.3 is 5.97 Å². The Morgan fingerprint density at radius 2 is 2.29 bits per heavy atom. The highest BCUT2D eigenvalue weighted by atomic mass is 32.1. The lowest BCUT2D eigenvalue weighted by Gasteiger charge is -2.27. The van der Waals surface area contributed by atoms with E-state index < -0.39 is 5.97 Å². The Kier molecular flexibility index (Phi) is 3.61. The number of anilines is 1. The molecule has 2 heterocycles. The van der Waals surface area contributed by atoms with Gasteiger partial charge in [-0.05, 0) is 6.07 Å². The van der Waals surface area contributed by atoms with E-state index in [1.165, 1.54) is 18.4 Å². The second kappa shape index (κ2) is 5.17. The first-order valence-corrected chi connectivity index (χ1v) is 6.03. The molecule has 0 spiro atoms. The molecule has 0 saturated carbocycles. The average Bonchev–Trinajstić information content (AvgIpc) is 2.83. The third-order valence-corrected chi connectivity index (χ3v) is 3.69. The first-order chi connectivity index (χ1) is 8.26. The number of thiophene rings is 1. The summed E-state index contributed by atoms with van der Waals surface area (Å²) in [7, 11) is 1.34. The number of nitriles is 1. The van der Waals surface area contributed by atoms with Crippen molar-refractivity contribution in [3.8, 4) is 6.07 Å². The molecular weight excluding hydrogens is 240 g/mol. The zero-order valence-electron chi connectivity index (χ0n) is 9.43. The molecule has 0 N–H and O–H groups in total. The van der Waals surface area contributed by atoms with E-state index in [9.17, 15) is 4.79 Å². The van der Waals surface area contributed by atoms with Gasteiger partial charge in [0.1, 0.15) is 15.9 Å². The maximum Gasteiger partial charge on any atom is 0.348 e. The summed E-state index contributed by atoms with van der Waals surface area (Å²) in [6.07, 6.45) is 0. The van der Waals surface area contributed by atoms with Crippen molar-refractivity contribution in [3.63, 3.8) is 0 Å². The van der Waals surface area contributed by atoms with Crippen molar-refractivity contribution in [1.29, 1.82) is 5.26 Å². The van der Waals surface area contributed by atoms with Gasteiger partial charge in [-0.25, -0.2) is 4.79 Å². The van der Waals surface area contributed by atoms with Crippen LogP contribution in [0, 0.1) is 11.3 Å². The Labute approximate surface area is 103 Å². The third-order valence-electron chi connectivity index (χ3n) is 2.52. The third kappa shape index (κ3) is 2.40. The van der Waals surface area contributed by atoms with Crippen LogP contribution in [0.1, 0.15) is 15.2 Å². The largest absolute Gasteiger partial charge is 0.465 e. The quantitative estimate of drug-likeness (QED) is 0.741. The topological polar surface area (TPSA) is 62.6 Å². The molecule has 1 saturated heterocycles. The molecule has 90 valence electrons. The van der Waals surface area contributed by atoms with E-state index in [0.29, 0.717) is 23.7 Å². The molecule has 2 rings (SSSR count). The second-order valence-corrected chi connectivity index (χ2v) is 4.56. The second-order valence-electron chi connectivity index (χ2n) is 3.53. The van der Waals surface area contributed by atoms with Crippen LogP contribution in [0.5, 0.6) is 0 Å². The maximum absolute atomic E-state index is 11.4. The van der Waals surface area contributed by atoms with Gasteiger partial charge in [-0.15, -0.1) is 11.3 Å². The van der Waals surface area contributed by atoms with Gasteiger partial charge < -0.3 is 14.4 Å². The van der Waals surface area contributed by atoms with Gasteiger partial charge in [0.15, 0.2) is 0 Å². The molecule has 1 aliphatic rings. The molecule has 0 aromatic carbocycles. The minimum atomic E-state index is -0.397. The molecule has 0 unspecified atom stereocenters. The van der Waals surface area contributed by atoms with Crippen molar-refractivity contribution in [2.45, 2.75) is 0 Å². The first kappa shape index (κ1) is 11.9. The normalized spacial score (nSPS) is 15.4. The standard InChI is InChI=1S/C11H12N2O3S/c1-15-11(14)9-6-8(7-12)10(17-9)13-2-4-16-5-3-13/h6H,2-5H2,1H3. The zero-order chi connectivity index (χ0) is 12.3. The molecule has 5 nitrogen and oxygen atoms in total. The smallest absolute Gasteiger partial charge is 0.348 e. The molecule has 1 aromatic rings. The van der Waals surface area contributed by atoms with Gasteiger partial charge in [0.25, 0.3) is 0 Å². The number of ether oxygens (including phenoxy) is 2. The fourth-order valence-electron chi connectivity index (χ4n) is 1.66. The van der Waals surface area contributed by atoms with Crippen LogP contribution in [0.15, 0.2) is 6.07 Å². The molecule has 0 amide bonds. The van der Waals surface area contributed by atoms with Gasteiger partial charge in [0.05, 0.1) is 25.9 Å². The monoisotopic (exact) mass is 252 g/mol. The highest BCUT2D eigenvalue weighted by molar-refractivity contribution is 7.18. The van der Waals surface area contributed by atoms with Gasteiger partial charge in [-0.1, -0.05) is 0 Å². The van der Waals surface area contributed by atoms with Crippen LogP contribution < -0.4 is 4.90 Å². The van der Waals surface area contributed by atoms with E-state index in [0.717, 1.165) is 18.1 Å². The number of morpholine rings is 1. The number of rotatable bonds is 2.